The van der Waals surface area contributed by atoms with Crippen LogP contribution in [0.15, 0.2) is 54.6 Å². The van der Waals surface area contributed by atoms with Gasteiger partial charge in [0.1, 0.15) is 11.8 Å². The van der Waals surface area contributed by atoms with E-state index in [-0.39, 0.29) is 6.61 Å². The second-order valence-electron chi connectivity index (χ2n) is 4.14. The van der Waals surface area contributed by atoms with Gasteiger partial charge in [-0.15, -0.1) is 0 Å². The van der Waals surface area contributed by atoms with E-state index in [0.717, 1.165) is 18.7 Å². The van der Waals surface area contributed by atoms with Crippen LogP contribution in [0, 0.1) is 11.3 Å². The number of nitriles is 1. The Balaban J connectivity index is 1.84. The SMILES string of the molecule is N#CCOc1cccc(NCCc2ccccc2)c1. The predicted octanol–water partition coefficient (Wildman–Crippen LogP) is 3.24. The minimum atomic E-state index is 0.0769. The minimum absolute atomic E-state index is 0.0769. The van der Waals surface area contributed by atoms with Crippen LogP contribution < -0.4 is 10.1 Å². The monoisotopic (exact) mass is 252 g/mol. The van der Waals surface area contributed by atoms with Crippen LogP contribution in [0.4, 0.5) is 5.69 Å². The highest BCUT2D eigenvalue weighted by molar-refractivity contribution is 5.48. The van der Waals surface area contributed by atoms with Crippen LogP contribution >= 0.6 is 0 Å². The average Bonchev–Trinajstić information content (AvgIpc) is 2.47. The highest BCUT2D eigenvalue weighted by atomic mass is 16.5. The van der Waals surface area contributed by atoms with Gasteiger partial charge in [-0.25, -0.2) is 0 Å². The molecule has 0 aliphatic carbocycles. The number of rotatable bonds is 6. The average molecular weight is 252 g/mol. The Morgan fingerprint density at radius 1 is 1.05 bits per heavy atom. The molecule has 0 amide bonds. The van der Waals surface area contributed by atoms with Crippen LogP contribution in [0.3, 0.4) is 0 Å². The van der Waals surface area contributed by atoms with Gasteiger partial charge in [0.2, 0.25) is 0 Å². The summed E-state index contributed by atoms with van der Waals surface area (Å²) in [6, 6.07) is 20.0. The molecule has 2 rings (SSSR count). The fraction of sp³-hybridized carbons (Fsp3) is 0.188. The highest BCUT2D eigenvalue weighted by Crippen LogP contribution is 2.17. The molecule has 0 aromatic heterocycles. The first-order valence-corrected chi connectivity index (χ1v) is 6.26. The van der Waals surface area contributed by atoms with Gasteiger partial charge in [0, 0.05) is 18.3 Å². The molecule has 0 bridgehead atoms. The maximum atomic E-state index is 8.47. The minimum Gasteiger partial charge on any atom is -0.479 e. The Bertz CT molecular complexity index is 546. The second-order valence-corrected chi connectivity index (χ2v) is 4.14. The van der Waals surface area contributed by atoms with Crippen LogP contribution in [0.1, 0.15) is 5.56 Å². The highest BCUT2D eigenvalue weighted by Gasteiger charge is 1.97. The van der Waals surface area contributed by atoms with Crippen LogP contribution in [0.2, 0.25) is 0 Å². The molecule has 3 heteroatoms. The van der Waals surface area contributed by atoms with Gasteiger partial charge in [-0.2, -0.15) is 5.26 Å². The van der Waals surface area contributed by atoms with E-state index in [1.165, 1.54) is 5.56 Å². The van der Waals surface area contributed by atoms with Gasteiger partial charge >= 0.3 is 0 Å². The van der Waals surface area contributed by atoms with Crippen molar-refractivity contribution in [3.63, 3.8) is 0 Å². The second kappa shape index (κ2) is 7.07. The third kappa shape index (κ3) is 4.36. The molecule has 0 radical (unpaired) electrons. The molecule has 0 fully saturated rings. The summed E-state index contributed by atoms with van der Waals surface area (Å²) < 4.78 is 5.26. The molecule has 1 N–H and O–H groups in total. The maximum Gasteiger partial charge on any atom is 0.174 e. The van der Waals surface area contributed by atoms with Crippen LogP contribution in [0.25, 0.3) is 0 Å². The van der Waals surface area contributed by atoms with E-state index in [0.29, 0.717) is 5.75 Å². The lowest BCUT2D eigenvalue weighted by Crippen LogP contribution is -2.05. The molecular formula is C16H16N2O. The Hall–Kier alpha value is -2.47. The molecule has 0 spiro atoms. The van der Waals surface area contributed by atoms with E-state index in [1.807, 2.05) is 48.5 Å². The van der Waals surface area contributed by atoms with E-state index >= 15 is 0 Å². The summed E-state index contributed by atoms with van der Waals surface area (Å²) in [7, 11) is 0. The molecule has 0 atom stereocenters. The zero-order valence-electron chi connectivity index (χ0n) is 10.7. The van der Waals surface area contributed by atoms with Crippen molar-refractivity contribution in [2.24, 2.45) is 0 Å². The number of anilines is 1. The third-order valence-electron chi connectivity index (χ3n) is 2.72. The quantitative estimate of drug-likeness (QED) is 0.858. The van der Waals surface area contributed by atoms with Crippen LogP contribution in [0.5, 0.6) is 5.75 Å². The number of nitrogens with one attached hydrogen (secondary N) is 1. The van der Waals surface area contributed by atoms with Crippen molar-refractivity contribution in [1.29, 1.82) is 5.26 Å². The summed E-state index contributed by atoms with van der Waals surface area (Å²) in [6.07, 6.45) is 0.976. The van der Waals surface area contributed by atoms with Gasteiger partial charge in [0.05, 0.1) is 0 Å². The summed E-state index contributed by atoms with van der Waals surface area (Å²) in [6.45, 7) is 0.944. The fourth-order valence-electron chi connectivity index (χ4n) is 1.81. The Morgan fingerprint density at radius 3 is 2.68 bits per heavy atom. The normalized spacial score (nSPS) is 9.63. The lowest BCUT2D eigenvalue weighted by atomic mass is 10.1. The molecule has 3 nitrogen and oxygen atoms in total. The van der Waals surface area contributed by atoms with Gasteiger partial charge in [0.25, 0.3) is 0 Å². The number of nitrogens with zero attached hydrogens (tertiary/aromatic N) is 1. The molecule has 0 aliphatic rings. The number of hydrogen-bond donors (Lipinski definition) is 1. The van der Waals surface area contributed by atoms with Crippen molar-refractivity contribution in [2.75, 3.05) is 18.5 Å². The Morgan fingerprint density at radius 2 is 1.89 bits per heavy atom. The first kappa shape index (κ1) is 13.0. The van der Waals surface area contributed by atoms with Crippen molar-refractivity contribution in [2.45, 2.75) is 6.42 Å². The number of benzene rings is 2. The summed E-state index contributed by atoms with van der Waals surface area (Å²) in [4.78, 5) is 0. The standard InChI is InChI=1S/C16H16N2O/c17-10-12-19-16-8-4-7-15(13-16)18-11-9-14-5-2-1-3-6-14/h1-8,13,18H,9,11-12H2. The summed E-state index contributed by atoms with van der Waals surface area (Å²) >= 11 is 0. The molecule has 96 valence electrons. The molecule has 0 heterocycles. The molecule has 2 aromatic rings. The first-order valence-electron chi connectivity index (χ1n) is 6.26. The molecule has 19 heavy (non-hydrogen) atoms. The van der Waals surface area contributed by atoms with Gasteiger partial charge in [-0.05, 0) is 24.1 Å². The molecule has 0 saturated heterocycles. The van der Waals surface area contributed by atoms with Crippen molar-refractivity contribution >= 4 is 5.69 Å². The van der Waals surface area contributed by atoms with Gasteiger partial charge in [-0.1, -0.05) is 36.4 Å². The third-order valence-corrected chi connectivity index (χ3v) is 2.72. The molecule has 0 saturated carbocycles. The van der Waals surface area contributed by atoms with Gasteiger partial charge < -0.3 is 10.1 Å². The summed E-state index contributed by atoms with van der Waals surface area (Å²) in [5.74, 6) is 0.714. The smallest absolute Gasteiger partial charge is 0.174 e. The topological polar surface area (TPSA) is 45.0 Å². The Kier molecular flexibility index (Phi) is 4.83. The first-order chi connectivity index (χ1) is 9.38. The van der Waals surface area contributed by atoms with Crippen molar-refractivity contribution in [3.05, 3.63) is 60.2 Å². The zero-order valence-corrected chi connectivity index (χ0v) is 10.7. The van der Waals surface area contributed by atoms with E-state index in [9.17, 15) is 0 Å². The molecule has 0 aliphatic heterocycles. The van der Waals surface area contributed by atoms with Crippen molar-refractivity contribution < 1.29 is 4.74 Å². The number of ether oxygens (including phenoxy) is 1. The van der Waals surface area contributed by atoms with Crippen molar-refractivity contribution in [1.82, 2.24) is 0 Å². The van der Waals surface area contributed by atoms with Gasteiger partial charge in [0.15, 0.2) is 6.61 Å². The lowest BCUT2D eigenvalue weighted by Gasteiger charge is -2.08. The van der Waals surface area contributed by atoms with E-state index in [2.05, 4.69) is 17.4 Å². The summed E-state index contributed by atoms with van der Waals surface area (Å²) in [5, 5.41) is 11.8. The number of hydrogen-bond acceptors (Lipinski definition) is 3. The Labute approximate surface area is 113 Å². The van der Waals surface area contributed by atoms with E-state index in [4.69, 9.17) is 10.00 Å². The van der Waals surface area contributed by atoms with Gasteiger partial charge in [-0.3, -0.25) is 0 Å². The molecular weight excluding hydrogens is 236 g/mol. The predicted molar refractivity (Wildman–Crippen MR) is 76.2 cm³/mol. The van der Waals surface area contributed by atoms with Crippen LogP contribution in [-0.2, 0) is 6.42 Å². The largest absolute Gasteiger partial charge is 0.479 e. The maximum absolute atomic E-state index is 8.47. The lowest BCUT2D eigenvalue weighted by molar-refractivity contribution is 0.368. The zero-order chi connectivity index (χ0) is 13.3. The molecule has 2 aromatic carbocycles. The summed E-state index contributed by atoms with van der Waals surface area (Å²) in [5.41, 5.74) is 2.32. The fourth-order valence-corrected chi connectivity index (χ4v) is 1.81. The van der Waals surface area contributed by atoms with Crippen LogP contribution in [-0.4, -0.2) is 13.2 Å². The van der Waals surface area contributed by atoms with E-state index in [1.54, 1.807) is 0 Å². The molecule has 0 unspecified atom stereocenters. The van der Waals surface area contributed by atoms with E-state index < -0.39 is 0 Å². The van der Waals surface area contributed by atoms with Crippen molar-refractivity contribution in [3.8, 4) is 11.8 Å².